The Morgan fingerprint density at radius 3 is 1.02 bits per heavy atom. The van der Waals surface area contributed by atoms with Crippen molar-refractivity contribution in [1.29, 1.82) is 0 Å². The second-order valence-corrected chi connectivity index (χ2v) is 12.4. The Bertz CT molecular complexity index is 2500. The standard InChI is InChI=1S/C47H31N3/c1-4-15-32(16-5-1)33-27-29-34(30-28-33)43-39-23-10-12-25-41(39)44(42-26-13-11-24-40(42)43)37-21-14-22-38(31-37)47-49-45(35-17-6-2-7-18-35)48-46(50-47)36-19-8-3-9-20-36/h1-31H. The van der Waals surface area contributed by atoms with E-state index in [-0.39, 0.29) is 0 Å². The minimum absolute atomic E-state index is 0.642. The quantitative estimate of drug-likeness (QED) is 0.170. The van der Waals surface area contributed by atoms with Gasteiger partial charge in [-0.1, -0.05) is 182 Å². The lowest BCUT2D eigenvalue weighted by Crippen LogP contribution is -2.00. The molecule has 0 fully saturated rings. The van der Waals surface area contributed by atoms with E-state index in [9.17, 15) is 0 Å². The molecule has 3 nitrogen and oxygen atoms in total. The lowest BCUT2D eigenvalue weighted by atomic mass is 9.85. The molecule has 0 saturated carbocycles. The van der Waals surface area contributed by atoms with Crippen molar-refractivity contribution in [2.45, 2.75) is 0 Å². The Hall–Kier alpha value is -6.71. The topological polar surface area (TPSA) is 38.7 Å². The average Bonchev–Trinajstić information content (AvgIpc) is 3.21. The van der Waals surface area contributed by atoms with Crippen molar-refractivity contribution in [3.63, 3.8) is 0 Å². The molecule has 0 spiro atoms. The fraction of sp³-hybridized carbons (Fsp3) is 0. The Morgan fingerprint density at radius 2 is 0.540 bits per heavy atom. The van der Waals surface area contributed by atoms with Crippen LogP contribution in [0.2, 0.25) is 0 Å². The largest absolute Gasteiger partial charge is 0.208 e. The first-order valence-electron chi connectivity index (χ1n) is 16.9. The lowest BCUT2D eigenvalue weighted by molar-refractivity contribution is 1.07. The predicted molar refractivity (Wildman–Crippen MR) is 207 cm³/mol. The molecule has 0 amide bonds. The van der Waals surface area contributed by atoms with Gasteiger partial charge in [0.1, 0.15) is 0 Å². The van der Waals surface area contributed by atoms with Gasteiger partial charge in [0.25, 0.3) is 0 Å². The summed E-state index contributed by atoms with van der Waals surface area (Å²) in [6.45, 7) is 0. The first kappa shape index (κ1) is 29.4. The molecule has 9 rings (SSSR count). The van der Waals surface area contributed by atoms with Crippen LogP contribution in [-0.2, 0) is 0 Å². The lowest BCUT2D eigenvalue weighted by Gasteiger charge is -2.18. The van der Waals surface area contributed by atoms with Crippen molar-refractivity contribution in [2.24, 2.45) is 0 Å². The molecule has 1 heterocycles. The third-order valence-electron chi connectivity index (χ3n) is 9.32. The van der Waals surface area contributed by atoms with Gasteiger partial charge in [-0.3, -0.25) is 0 Å². The molecule has 0 atom stereocenters. The van der Waals surface area contributed by atoms with Gasteiger partial charge in [0, 0.05) is 16.7 Å². The zero-order valence-electron chi connectivity index (χ0n) is 27.2. The molecule has 0 aliphatic rings. The van der Waals surface area contributed by atoms with Crippen LogP contribution in [0.1, 0.15) is 0 Å². The van der Waals surface area contributed by atoms with E-state index in [1.165, 1.54) is 49.4 Å². The molecule has 3 heteroatoms. The summed E-state index contributed by atoms with van der Waals surface area (Å²) in [5.74, 6) is 1.94. The smallest absolute Gasteiger partial charge is 0.164 e. The van der Waals surface area contributed by atoms with E-state index in [1.807, 2.05) is 60.7 Å². The molecule has 50 heavy (non-hydrogen) atoms. The summed E-state index contributed by atoms with van der Waals surface area (Å²) in [4.78, 5) is 14.9. The van der Waals surface area contributed by atoms with Crippen LogP contribution >= 0.6 is 0 Å². The second kappa shape index (κ2) is 12.7. The predicted octanol–water partition coefficient (Wildman–Crippen LogP) is 12.2. The van der Waals surface area contributed by atoms with Crippen LogP contribution in [0.25, 0.3) is 89.1 Å². The molecular weight excluding hydrogens is 607 g/mol. The molecule has 8 aromatic carbocycles. The molecule has 9 aromatic rings. The third kappa shape index (κ3) is 5.41. The van der Waals surface area contributed by atoms with E-state index in [4.69, 9.17) is 15.0 Å². The van der Waals surface area contributed by atoms with Gasteiger partial charge in [-0.2, -0.15) is 0 Å². The summed E-state index contributed by atoms with van der Waals surface area (Å²) in [5, 5.41) is 4.85. The van der Waals surface area contributed by atoms with Crippen LogP contribution in [0.3, 0.4) is 0 Å². The van der Waals surface area contributed by atoms with Gasteiger partial charge in [-0.05, 0) is 61.0 Å². The van der Waals surface area contributed by atoms with E-state index in [0.717, 1.165) is 22.3 Å². The van der Waals surface area contributed by atoms with Crippen LogP contribution in [0.4, 0.5) is 0 Å². The molecule has 0 aliphatic heterocycles. The Kier molecular flexibility index (Phi) is 7.49. The zero-order valence-corrected chi connectivity index (χ0v) is 27.2. The molecule has 0 N–H and O–H groups in total. The van der Waals surface area contributed by atoms with Crippen LogP contribution < -0.4 is 0 Å². The number of hydrogen-bond acceptors (Lipinski definition) is 3. The zero-order chi connectivity index (χ0) is 33.3. The highest BCUT2D eigenvalue weighted by Gasteiger charge is 2.18. The Balaban J connectivity index is 1.22. The van der Waals surface area contributed by atoms with E-state index in [0.29, 0.717) is 17.5 Å². The van der Waals surface area contributed by atoms with Crippen LogP contribution in [0.5, 0.6) is 0 Å². The Labute approximate surface area is 291 Å². The number of rotatable bonds is 6. The molecule has 0 saturated heterocycles. The van der Waals surface area contributed by atoms with Gasteiger partial charge in [-0.15, -0.1) is 0 Å². The first-order chi connectivity index (χ1) is 24.8. The van der Waals surface area contributed by atoms with Gasteiger partial charge >= 0.3 is 0 Å². The Morgan fingerprint density at radius 1 is 0.220 bits per heavy atom. The molecule has 1 aromatic heterocycles. The molecule has 0 radical (unpaired) electrons. The van der Waals surface area contributed by atoms with Crippen LogP contribution in [0.15, 0.2) is 188 Å². The fourth-order valence-electron chi connectivity index (χ4n) is 6.96. The van der Waals surface area contributed by atoms with E-state index in [1.54, 1.807) is 0 Å². The van der Waals surface area contributed by atoms with Crippen molar-refractivity contribution < 1.29 is 0 Å². The summed E-state index contributed by atoms with van der Waals surface area (Å²) in [6, 6.07) is 65.9. The summed E-state index contributed by atoms with van der Waals surface area (Å²) in [5.41, 5.74) is 10.0. The van der Waals surface area contributed by atoms with Crippen molar-refractivity contribution in [2.75, 3.05) is 0 Å². The second-order valence-electron chi connectivity index (χ2n) is 12.4. The number of hydrogen-bond donors (Lipinski definition) is 0. The van der Waals surface area contributed by atoms with E-state index < -0.39 is 0 Å². The molecule has 0 bridgehead atoms. The van der Waals surface area contributed by atoms with Crippen molar-refractivity contribution in [1.82, 2.24) is 15.0 Å². The normalized spacial score (nSPS) is 11.2. The maximum atomic E-state index is 5.02. The van der Waals surface area contributed by atoms with Gasteiger partial charge < -0.3 is 0 Å². The van der Waals surface area contributed by atoms with Crippen molar-refractivity contribution in [3.05, 3.63) is 188 Å². The van der Waals surface area contributed by atoms with Gasteiger partial charge in [0.05, 0.1) is 0 Å². The number of aromatic nitrogens is 3. The third-order valence-corrected chi connectivity index (χ3v) is 9.32. The minimum Gasteiger partial charge on any atom is -0.208 e. The van der Waals surface area contributed by atoms with Gasteiger partial charge in [-0.25, -0.2) is 15.0 Å². The van der Waals surface area contributed by atoms with E-state index >= 15 is 0 Å². The van der Waals surface area contributed by atoms with E-state index in [2.05, 4.69) is 127 Å². The fourth-order valence-corrected chi connectivity index (χ4v) is 6.96. The highest BCUT2D eigenvalue weighted by Crippen LogP contribution is 2.44. The monoisotopic (exact) mass is 637 g/mol. The molecule has 234 valence electrons. The van der Waals surface area contributed by atoms with Crippen LogP contribution in [0, 0.1) is 0 Å². The maximum Gasteiger partial charge on any atom is 0.164 e. The molecule has 0 unspecified atom stereocenters. The van der Waals surface area contributed by atoms with Crippen molar-refractivity contribution in [3.8, 4) is 67.5 Å². The van der Waals surface area contributed by atoms with Gasteiger partial charge in [0.15, 0.2) is 17.5 Å². The summed E-state index contributed by atoms with van der Waals surface area (Å²) >= 11 is 0. The highest BCUT2D eigenvalue weighted by atomic mass is 15.0. The summed E-state index contributed by atoms with van der Waals surface area (Å²) in [7, 11) is 0. The summed E-state index contributed by atoms with van der Waals surface area (Å²) in [6.07, 6.45) is 0. The summed E-state index contributed by atoms with van der Waals surface area (Å²) < 4.78 is 0. The minimum atomic E-state index is 0.642. The number of nitrogens with zero attached hydrogens (tertiary/aromatic N) is 3. The van der Waals surface area contributed by atoms with Crippen molar-refractivity contribution >= 4 is 21.5 Å². The first-order valence-corrected chi connectivity index (χ1v) is 16.9. The average molecular weight is 638 g/mol. The maximum absolute atomic E-state index is 5.02. The molecular formula is C47H31N3. The number of benzene rings is 8. The highest BCUT2D eigenvalue weighted by molar-refractivity contribution is 6.21. The van der Waals surface area contributed by atoms with Crippen LogP contribution in [-0.4, -0.2) is 15.0 Å². The molecule has 0 aliphatic carbocycles. The SMILES string of the molecule is c1ccc(-c2ccc(-c3c4ccccc4c(-c4cccc(-c5nc(-c6ccccc6)nc(-c6ccccc6)n5)c4)c4ccccc34)cc2)cc1. The van der Waals surface area contributed by atoms with Gasteiger partial charge in [0.2, 0.25) is 0 Å². The number of fused-ring (bicyclic) bond motifs is 2.